The van der Waals surface area contributed by atoms with Gasteiger partial charge in [-0.05, 0) is 37.8 Å². The molecule has 1 aromatic heterocycles. The summed E-state index contributed by atoms with van der Waals surface area (Å²) < 4.78 is 0. The zero-order valence-corrected chi connectivity index (χ0v) is 10.2. The molecule has 1 aliphatic rings. The Bertz CT molecular complexity index is 530. The van der Waals surface area contributed by atoms with Crippen LogP contribution in [0.15, 0.2) is 24.7 Å². The molecule has 0 aliphatic carbocycles. The van der Waals surface area contributed by atoms with Crippen molar-refractivity contribution in [3.05, 3.63) is 30.2 Å². The number of hydrogen-bond donors (Lipinski definition) is 0. The molecule has 1 aromatic carbocycles. The summed E-state index contributed by atoms with van der Waals surface area (Å²) >= 11 is 0. The minimum Gasteiger partial charge on any atom is -0.371 e. The number of rotatable bonds is 1. The fraction of sp³-hybridized carbons (Fsp3) is 0.429. The molecule has 1 fully saturated rings. The lowest BCUT2D eigenvalue weighted by atomic mass is 10.1. The lowest BCUT2D eigenvalue weighted by molar-refractivity contribution is 0.579. The van der Waals surface area contributed by atoms with Gasteiger partial charge in [0.1, 0.15) is 6.33 Å². The van der Waals surface area contributed by atoms with Crippen LogP contribution in [0.2, 0.25) is 0 Å². The molecule has 3 rings (SSSR count). The van der Waals surface area contributed by atoms with Gasteiger partial charge in [-0.2, -0.15) is 0 Å². The fourth-order valence-corrected chi connectivity index (χ4v) is 2.61. The van der Waals surface area contributed by atoms with Crippen molar-refractivity contribution in [1.82, 2.24) is 9.97 Å². The molecule has 3 heteroatoms. The van der Waals surface area contributed by atoms with Gasteiger partial charge in [0.2, 0.25) is 0 Å². The van der Waals surface area contributed by atoms with Gasteiger partial charge in [0.05, 0.1) is 5.52 Å². The van der Waals surface area contributed by atoms with Gasteiger partial charge in [0, 0.05) is 30.4 Å². The van der Waals surface area contributed by atoms with E-state index >= 15 is 0 Å². The smallest absolute Gasteiger partial charge is 0.116 e. The molecule has 17 heavy (non-hydrogen) atoms. The van der Waals surface area contributed by atoms with E-state index in [0.717, 1.165) is 18.6 Å². The van der Waals surface area contributed by atoms with Gasteiger partial charge in [-0.3, -0.25) is 0 Å². The van der Waals surface area contributed by atoms with Gasteiger partial charge in [-0.1, -0.05) is 6.07 Å². The lowest BCUT2D eigenvalue weighted by Crippen LogP contribution is -2.29. The van der Waals surface area contributed by atoms with Crippen LogP contribution in [0.25, 0.3) is 10.9 Å². The second-order valence-corrected chi connectivity index (χ2v) is 4.73. The molecule has 1 aliphatic heterocycles. The second-order valence-electron chi connectivity index (χ2n) is 4.73. The number of piperidine rings is 1. The summed E-state index contributed by atoms with van der Waals surface area (Å²) in [5.74, 6) is 0. The Labute approximate surface area is 101 Å². The van der Waals surface area contributed by atoms with Gasteiger partial charge in [-0.15, -0.1) is 0 Å². The molecule has 2 aromatic rings. The summed E-state index contributed by atoms with van der Waals surface area (Å²) in [6.07, 6.45) is 7.53. The molecule has 3 nitrogen and oxygen atoms in total. The summed E-state index contributed by atoms with van der Waals surface area (Å²) in [5.41, 5.74) is 3.61. The highest BCUT2D eigenvalue weighted by atomic mass is 15.1. The maximum absolute atomic E-state index is 4.40. The van der Waals surface area contributed by atoms with Crippen molar-refractivity contribution in [2.75, 3.05) is 18.0 Å². The van der Waals surface area contributed by atoms with Crippen molar-refractivity contribution in [3.63, 3.8) is 0 Å². The molecular formula is C14H17N3. The molecule has 88 valence electrons. The molecule has 0 N–H and O–H groups in total. The third kappa shape index (κ3) is 1.86. The van der Waals surface area contributed by atoms with Crippen molar-refractivity contribution in [1.29, 1.82) is 0 Å². The van der Waals surface area contributed by atoms with Crippen LogP contribution in [0.4, 0.5) is 5.69 Å². The first-order valence-corrected chi connectivity index (χ1v) is 6.30. The SMILES string of the molecule is Cc1ccc(N2CCCCC2)c2cncnc12. The Kier molecular flexibility index (Phi) is 2.67. The van der Waals surface area contributed by atoms with Crippen LogP contribution in [0.5, 0.6) is 0 Å². The lowest BCUT2D eigenvalue weighted by Gasteiger charge is -2.29. The van der Waals surface area contributed by atoms with Crippen LogP contribution in [0.3, 0.4) is 0 Å². The number of hydrogen-bond acceptors (Lipinski definition) is 3. The van der Waals surface area contributed by atoms with E-state index in [4.69, 9.17) is 0 Å². The first kappa shape index (κ1) is 10.5. The average Bonchev–Trinajstić information content (AvgIpc) is 2.41. The molecule has 2 heterocycles. The molecule has 0 saturated carbocycles. The van der Waals surface area contributed by atoms with Gasteiger partial charge in [-0.25, -0.2) is 9.97 Å². The van der Waals surface area contributed by atoms with Crippen molar-refractivity contribution >= 4 is 16.6 Å². The molecule has 0 unspecified atom stereocenters. The molecule has 0 spiro atoms. The van der Waals surface area contributed by atoms with E-state index in [2.05, 4.69) is 33.9 Å². The first-order chi connectivity index (χ1) is 8.36. The van der Waals surface area contributed by atoms with Crippen LogP contribution in [-0.2, 0) is 0 Å². The highest BCUT2D eigenvalue weighted by Gasteiger charge is 2.14. The van der Waals surface area contributed by atoms with Gasteiger partial charge in [0.25, 0.3) is 0 Å². The topological polar surface area (TPSA) is 29.0 Å². The number of anilines is 1. The van der Waals surface area contributed by atoms with Crippen LogP contribution in [0.1, 0.15) is 24.8 Å². The Morgan fingerprint density at radius 2 is 1.94 bits per heavy atom. The zero-order chi connectivity index (χ0) is 11.7. The average molecular weight is 227 g/mol. The maximum atomic E-state index is 4.40. The number of nitrogens with zero attached hydrogens (tertiary/aromatic N) is 3. The van der Waals surface area contributed by atoms with E-state index in [0.29, 0.717) is 0 Å². The molecule has 0 radical (unpaired) electrons. The predicted octanol–water partition coefficient (Wildman–Crippen LogP) is 2.93. The Morgan fingerprint density at radius 1 is 1.12 bits per heavy atom. The van der Waals surface area contributed by atoms with Gasteiger partial charge >= 0.3 is 0 Å². The summed E-state index contributed by atoms with van der Waals surface area (Å²) in [6, 6.07) is 4.38. The van der Waals surface area contributed by atoms with E-state index in [1.807, 2.05) is 6.20 Å². The summed E-state index contributed by atoms with van der Waals surface area (Å²) in [4.78, 5) is 11.0. The van der Waals surface area contributed by atoms with E-state index < -0.39 is 0 Å². The zero-order valence-electron chi connectivity index (χ0n) is 10.2. The van der Waals surface area contributed by atoms with Crippen molar-refractivity contribution < 1.29 is 0 Å². The number of fused-ring (bicyclic) bond motifs is 1. The standard InChI is InChI=1S/C14H17N3/c1-11-5-6-13(17-7-3-2-4-8-17)12-9-15-10-16-14(11)12/h5-6,9-10H,2-4,7-8H2,1H3. The molecule has 1 saturated heterocycles. The van der Waals surface area contributed by atoms with E-state index in [-0.39, 0.29) is 0 Å². The number of benzene rings is 1. The minimum atomic E-state index is 1.09. The third-order valence-electron chi connectivity index (χ3n) is 3.55. The van der Waals surface area contributed by atoms with Crippen LogP contribution < -0.4 is 4.90 Å². The van der Waals surface area contributed by atoms with E-state index in [1.165, 1.54) is 35.9 Å². The van der Waals surface area contributed by atoms with Crippen LogP contribution in [0, 0.1) is 6.92 Å². The largest absolute Gasteiger partial charge is 0.371 e. The summed E-state index contributed by atoms with van der Waals surface area (Å²) in [7, 11) is 0. The maximum Gasteiger partial charge on any atom is 0.116 e. The summed E-state index contributed by atoms with van der Waals surface area (Å²) in [6.45, 7) is 4.43. The molecule has 0 bridgehead atoms. The first-order valence-electron chi connectivity index (χ1n) is 6.30. The third-order valence-corrected chi connectivity index (χ3v) is 3.55. The molecule has 0 atom stereocenters. The molecule has 0 amide bonds. The van der Waals surface area contributed by atoms with E-state index in [1.54, 1.807) is 6.33 Å². The van der Waals surface area contributed by atoms with Crippen molar-refractivity contribution in [2.45, 2.75) is 26.2 Å². The van der Waals surface area contributed by atoms with Gasteiger partial charge in [0.15, 0.2) is 0 Å². The minimum absolute atomic E-state index is 1.09. The number of aromatic nitrogens is 2. The molecular weight excluding hydrogens is 210 g/mol. The fourth-order valence-electron chi connectivity index (χ4n) is 2.61. The Balaban J connectivity index is 2.12. The Morgan fingerprint density at radius 3 is 2.76 bits per heavy atom. The number of aryl methyl sites for hydroxylation is 1. The normalized spacial score (nSPS) is 16.4. The Hall–Kier alpha value is -1.64. The van der Waals surface area contributed by atoms with Crippen LogP contribution in [-0.4, -0.2) is 23.1 Å². The second kappa shape index (κ2) is 4.32. The highest BCUT2D eigenvalue weighted by molar-refractivity contribution is 5.93. The van der Waals surface area contributed by atoms with E-state index in [9.17, 15) is 0 Å². The van der Waals surface area contributed by atoms with Crippen LogP contribution >= 0.6 is 0 Å². The quantitative estimate of drug-likeness (QED) is 0.750. The van der Waals surface area contributed by atoms with Crippen molar-refractivity contribution in [3.8, 4) is 0 Å². The monoisotopic (exact) mass is 227 g/mol. The van der Waals surface area contributed by atoms with Crippen molar-refractivity contribution in [2.24, 2.45) is 0 Å². The predicted molar refractivity (Wildman–Crippen MR) is 70.3 cm³/mol. The van der Waals surface area contributed by atoms with Gasteiger partial charge < -0.3 is 4.90 Å². The highest BCUT2D eigenvalue weighted by Crippen LogP contribution is 2.29. The summed E-state index contributed by atoms with van der Waals surface area (Å²) in [5, 5.41) is 1.19.